The molecule has 0 atom stereocenters. The van der Waals surface area contributed by atoms with Gasteiger partial charge < -0.3 is 5.32 Å². The SMILES string of the molecule is Cc1nc(C)n(-c2ccc(Nc3cc(-c4nn(Cc5ccccc5)cc4-c4ccccc4)ccn3)cc2)n1. The number of pyridine rings is 1. The van der Waals surface area contributed by atoms with Crippen molar-refractivity contribution in [3.05, 3.63) is 127 Å². The largest absolute Gasteiger partial charge is 0.340 e. The Kier molecular flexibility index (Phi) is 6.24. The molecule has 0 saturated heterocycles. The third-order valence-corrected chi connectivity index (χ3v) is 6.33. The van der Waals surface area contributed by atoms with E-state index in [9.17, 15) is 0 Å². The zero-order valence-corrected chi connectivity index (χ0v) is 21.3. The molecule has 3 aromatic heterocycles. The Hall–Kier alpha value is -5.04. The molecule has 38 heavy (non-hydrogen) atoms. The summed E-state index contributed by atoms with van der Waals surface area (Å²) in [5.41, 5.74) is 7.24. The third kappa shape index (κ3) is 4.95. The molecule has 3 heterocycles. The Morgan fingerprint density at radius 1 is 0.763 bits per heavy atom. The van der Waals surface area contributed by atoms with Crippen molar-refractivity contribution in [3.63, 3.8) is 0 Å². The lowest BCUT2D eigenvalue weighted by Crippen LogP contribution is -2.00. The highest BCUT2D eigenvalue weighted by atomic mass is 15.3. The smallest absolute Gasteiger partial charge is 0.148 e. The number of rotatable bonds is 7. The Bertz CT molecular complexity index is 1670. The van der Waals surface area contributed by atoms with Crippen LogP contribution in [0.25, 0.3) is 28.1 Å². The average molecular weight is 498 g/mol. The van der Waals surface area contributed by atoms with Crippen molar-refractivity contribution in [2.24, 2.45) is 0 Å². The van der Waals surface area contributed by atoms with E-state index in [0.717, 1.165) is 51.2 Å². The standard InChI is InChI=1S/C31H27N7/c1-22-33-23(2)38(35-22)28-15-13-27(14-16-28)34-30-19-26(17-18-32-30)31-29(25-11-7-4-8-12-25)21-37(36-31)20-24-9-5-3-6-10-24/h3-19,21H,20H2,1-2H3,(H,32,34). The van der Waals surface area contributed by atoms with Crippen molar-refractivity contribution in [3.8, 4) is 28.1 Å². The summed E-state index contributed by atoms with van der Waals surface area (Å²) >= 11 is 0. The predicted molar refractivity (Wildman–Crippen MR) is 151 cm³/mol. The molecule has 0 amide bonds. The maximum absolute atomic E-state index is 5.00. The first-order valence-electron chi connectivity index (χ1n) is 12.5. The second-order valence-corrected chi connectivity index (χ2v) is 9.16. The van der Waals surface area contributed by atoms with Crippen LogP contribution < -0.4 is 5.32 Å². The summed E-state index contributed by atoms with van der Waals surface area (Å²) in [6.07, 6.45) is 3.94. The Labute approximate surface area is 221 Å². The molecule has 186 valence electrons. The lowest BCUT2D eigenvalue weighted by Gasteiger charge is -2.09. The highest BCUT2D eigenvalue weighted by Gasteiger charge is 2.14. The molecule has 0 bridgehead atoms. The van der Waals surface area contributed by atoms with Crippen molar-refractivity contribution in [2.45, 2.75) is 20.4 Å². The molecule has 1 N–H and O–H groups in total. The van der Waals surface area contributed by atoms with E-state index in [4.69, 9.17) is 5.10 Å². The van der Waals surface area contributed by atoms with E-state index in [0.29, 0.717) is 6.54 Å². The Morgan fingerprint density at radius 3 is 2.21 bits per heavy atom. The zero-order chi connectivity index (χ0) is 25.9. The summed E-state index contributed by atoms with van der Waals surface area (Å²) in [7, 11) is 0. The Balaban J connectivity index is 1.30. The number of aryl methyl sites for hydroxylation is 2. The van der Waals surface area contributed by atoms with Crippen molar-refractivity contribution in [1.82, 2.24) is 29.5 Å². The van der Waals surface area contributed by atoms with Crippen LogP contribution in [0.2, 0.25) is 0 Å². The van der Waals surface area contributed by atoms with Crippen LogP contribution in [0, 0.1) is 13.8 Å². The van der Waals surface area contributed by atoms with Gasteiger partial charge in [-0.05, 0) is 61.4 Å². The number of benzene rings is 3. The van der Waals surface area contributed by atoms with Gasteiger partial charge in [0.15, 0.2) is 0 Å². The molecular weight excluding hydrogens is 470 g/mol. The van der Waals surface area contributed by atoms with Crippen LogP contribution in [0.5, 0.6) is 0 Å². The summed E-state index contributed by atoms with van der Waals surface area (Å²) in [4.78, 5) is 8.95. The number of hydrogen-bond acceptors (Lipinski definition) is 5. The van der Waals surface area contributed by atoms with Crippen molar-refractivity contribution < 1.29 is 0 Å². The van der Waals surface area contributed by atoms with Gasteiger partial charge in [0, 0.05) is 29.2 Å². The molecular formula is C31H27N7. The van der Waals surface area contributed by atoms with Crippen LogP contribution in [-0.4, -0.2) is 29.5 Å². The van der Waals surface area contributed by atoms with Gasteiger partial charge in [-0.25, -0.2) is 14.6 Å². The second-order valence-electron chi connectivity index (χ2n) is 9.16. The van der Waals surface area contributed by atoms with E-state index in [2.05, 4.69) is 75.1 Å². The monoisotopic (exact) mass is 497 g/mol. The summed E-state index contributed by atoms with van der Waals surface area (Å²) < 4.78 is 3.85. The molecule has 6 aromatic rings. The number of aromatic nitrogens is 6. The molecule has 0 aliphatic rings. The first-order chi connectivity index (χ1) is 18.6. The van der Waals surface area contributed by atoms with Gasteiger partial charge in [0.05, 0.1) is 12.2 Å². The second kappa shape index (κ2) is 10.1. The topological polar surface area (TPSA) is 73.5 Å². The fourth-order valence-electron chi connectivity index (χ4n) is 4.56. The quantitative estimate of drug-likeness (QED) is 0.269. The van der Waals surface area contributed by atoms with Gasteiger partial charge in [0.2, 0.25) is 0 Å². The zero-order valence-electron chi connectivity index (χ0n) is 21.3. The summed E-state index contributed by atoms with van der Waals surface area (Å²) in [5, 5.41) is 12.9. The van der Waals surface area contributed by atoms with E-state index >= 15 is 0 Å². The molecule has 0 unspecified atom stereocenters. The van der Waals surface area contributed by atoms with Gasteiger partial charge in [-0.1, -0.05) is 60.7 Å². The lowest BCUT2D eigenvalue weighted by molar-refractivity contribution is 0.689. The van der Waals surface area contributed by atoms with Gasteiger partial charge in [0.25, 0.3) is 0 Å². The molecule has 6 rings (SSSR count). The minimum Gasteiger partial charge on any atom is -0.340 e. The molecule has 3 aromatic carbocycles. The van der Waals surface area contributed by atoms with Gasteiger partial charge in [-0.15, -0.1) is 0 Å². The first-order valence-corrected chi connectivity index (χ1v) is 12.5. The molecule has 7 nitrogen and oxygen atoms in total. The Morgan fingerprint density at radius 2 is 1.50 bits per heavy atom. The third-order valence-electron chi connectivity index (χ3n) is 6.33. The highest BCUT2D eigenvalue weighted by molar-refractivity contribution is 5.81. The van der Waals surface area contributed by atoms with Crippen molar-refractivity contribution in [2.75, 3.05) is 5.32 Å². The maximum atomic E-state index is 5.00. The summed E-state index contributed by atoms with van der Waals surface area (Å²) in [5.74, 6) is 2.37. The van der Waals surface area contributed by atoms with E-state index < -0.39 is 0 Å². The lowest BCUT2D eigenvalue weighted by atomic mass is 10.0. The van der Waals surface area contributed by atoms with Crippen LogP contribution in [0.1, 0.15) is 17.2 Å². The minimum atomic E-state index is 0.702. The van der Waals surface area contributed by atoms with Crippen LogP contribution in [0.3, 0.4) is 0 Å². The van der Waals surface area contributed by atoms with Crippen LogP contribution in [-0.2, 0) is 6.54 Å². The molecule has 0 aliphatic heterocycles. The number of hydrogen-bond donors (Lipinski definition) is 1. The first kappa shape index (κ1) is 23.4. The molecule has 0 fully saturated rings. The molecule has 0 spiro atoms. The number of nitrogens with zero attached hydrogens (tertiary/aromatic N) is 6. The van der Waals surface area contributed by atoms with Gasteiger partial charge in [0.1, 0.15) is 23.2 Å². The number of nitrogens with one attached hydrogen (secondary N) is 1. The van der Waals surface area contributed by atoms with E-state index in [-0.39, 0.29) is 0 Å². The van der Waals surface area contributed by atoms with Crippen LogP contribution in [0.4, 0.5) is 11.5 Å². The van der Waals surface area contributed by atoms with Crippen LogP contribution in [0.15, 0.2) is 109 Å². The predicted octanol–water partition coefficient (Wildman–Crippen LogP) is 6.60. The van der Waals surface area contributed by atoms with E-state index in [1.54, 1.807) is 0 Å². The van der Waals surface area contributed by atoms with E-state index in [1.807, 2.05) is 77.9 Å². The minimum absolute atomic E-state index is 0.702. The molecule has 7 heteroatoms. The average Bonchev–Trinajstić information content (AvgIpc) is 3.52. The van der Waals surface area contributed by atoms with Gasteiger partial charge in [-0.3, -0.25) is 4.68 Å². The van der Waals surface area contributed by atoms with Gasteiger partial charge in [-0.2, -0.15) is 10.2 Å². The highest BCUT2D eigenvalue weighted by Crippen LogP contribution is 2.32. The van der Waals surface area contributed by atoms with Gasteiger partial charge >= 0.3 is 0 Å². The number of anilines is 2. The maximum Gasteiger partial charge on any atom is 0.148 e. The molecule has 0 saturated carbocycles. The van der Waals surface area contributed by atoms with Crippen molar-refractivity contribution >= 4 is 11.5 Å². The normalized spacial score (nSPS) is 11.0. The summed E-state index contributed by atoms with van der Waals surface area (Å²) in [6.45, 7) is 4.55. The van der Waals surface area contributed by atoms with Crippen LogP contribution >= 0.6 is 0 Å². The fraction of sp³-hybridized carbons (Fsp3) is 0.0968. The molecule has 0 aliphatic carbocycles. The molecule has 0 radical (unpaired) electrons. The fourth-order valence-corrected chi connectivity index (χ4v) is 4.56. The van der Waals surface area contributed by atoms with Crippen molar-refractivity contribution in [1.29, 1.82) is 0 Å². The summed E-state index contributed by atoms with van der Waals surface area (Å²) in [6, 6.07) is 32.9. The van der Waals surface area contributed by atoms with E-state index in [1.165, 1.54) is 5.56 Å².